The number of nitrogens with two attached hydrogens (primary N) is 1. The number of halogens is 1. The molecule has 0 aliphatic heterocycles. The van der Waals surface area contributed by atoms with Crippen molar-refractivity contribution in [2.75, 3.05) is 13.1 Å². The zero-order chi connectivity index (χ0) is 16.8. The summed E-state index contributed by atoms with van der Waals surface area (Å²) in [5.41, 5.74) is 5.89. The third-order valence-corrected chi connectivity index (χ3v) is 6.02. The fourth-order valence-electron chi connectivity index (χ4n) is 2.68. The van der Waals surface area contributed by atoms with E-state index in [2.05, 4.69) is 32.4 Å². The fourth-order valence-corrected chi connectivity index (χ4v) is 4.18. The van der Waals surface area contributed by atoms with Crippen molar-refractivity contribution in [3.05, 3.63) is 0 Å². The van der Waals surface area contributed by atoms with E-state index in [0.717, 1.165) is 38.5 Å². The van der Waals surface area contributed by atoms with Crippen molar-refractivity contribution in [1.29, 1.82) is 0 Å². The quantitative estimate of drug-likeness (QED) is 0.656. The summed E-state index contributed by atoms with van der Waals surface area (Å²) < 4.78 is 29.9. The molecule has 0 amide bonds. The molecule has 3 N–H and O–H groups in total. The average Bonchev–Trinajstić information content (AvgIpc) is 2.40. The Hall–Kier alpha value is 0.120. The predicted molar refractivity (Wildman–Crippen MR) is 100 cm³/mol. The molecule has 0 aromatic carbocycles. The fraction of sp³-hybridized carbons (Fsp3) is 1.00. The molecule has 0 atom stereocenters. The lowest BCUT2D eigenvalue weighted by Crippen LogP contribution is -2.48. The predicted octanol–water partition coefficient (Wildman–Crippen LogP) is 2.91. The Morgan fingerprint density at radius 2 is 1.43 bits per heavy atom. The Morgan fingerprint density at radius 1 is 1.00 bits per heavy atom. The van der Waals surface area contributed by atoms with Gasteiger partial charge in [-0.3, -0.25) is 0 Å². The van der Waals surface area contributed by atoms with E-state index in [1.165, 1.54) is 0 Å². The third kappa shape index (κ3) is 9.25. The molecule has 0 heterocycles. The molecule has 0 radical (unpaired) electrons. The maximum atomic E-state index is 12.7. The smallest absolute Gasteiger partial charge is 0.279 e. The molecule has 0 saturated heterocycles. The highest BCUT2D eigenvalue weighted by atomic mass is 35.5. The summed E-state index contributed by atoms with van der Waals surface area (Å²) in [6.45, 7) is 9.72. The maximum absolute atomic E-state index is 12.7. The molecule has 1 rings (SSSR count). The molecule has 1 aliphatic carbocycles. The van der Waals surface area contributed by atoms with E-state index in [4.69, 9.17) is 5.73 Å². The summed E-state index contributed by atoms with van der Waals surface area (Å²) >= 11 is 0. The van der Waals surface area contributed by atoms with E-state index in [-0.39, 0.29) is 24.5 Å². The van der Waals surface area contributed by atoms with E-state index in [1.807, 2.05) is 0 Å². The van der Waals surface area contributed by atoms with Gasteiger partial charge in [-0.25, -0.2) is 0 Å². The van der Waals surface area contributed by atoms with Gasteiger partial charge in [-0.1, -0.05) is 27.7 Å². The highest BCUT2D eigenvalue weighted by Crippen LogP contribution is 2.19. The second-order valence-corrected chi connectivity index (χ2v) is 9.20. The van der Waals surface area contributed by atoms with Crippen LogP contribution in [0.2, 0.25) is 0 Å². The molecule has 23 heavy (non-hydrogen) atoms. The van der Waals surface area contributed by atoms with Crippen LogP contribution in [0.4, 0.5) is 0 Å². The zero-order valence-corrected chi connectivity index (χ0v) is 16.8. The molecule has 1 fully saturated rings. The van der Waals surface area contributed by atoms with Crippen molar-refractivity contribution in [1.82, 2.24) is 9.03 Å². The summed E-state index contributed by atoms with van der Waals surface area (Å²) in [5.74, 6) is 1.01. The van der Waals surface area contributed by atoms with Gasteiger partial charge in [0.15, 0.2) is 0 Å². The van der Waals surface area contributed by atoms with Gasteiger partial charge in [0.2, 0.25) is 0 Å². The summed E-state index contributed by atoms with van der Waals surface area (Å²) in [6.07, 6.45) is 5.31. The minimum Gasteiger partial charge on any atom is -0.328 e. The normalized spacial score (nSPS) is 22.6. The van der Waals surface area contributed by atoms with Gasteiger partial charge >= 0.3 is 0 Å². The second-order valence-electron chi connectivity index (χ2n) is 7.50. The SMILES string of the molecule is CC(C)CCN(CCC(C)C)S(=O)(=O)NC1CCC(N)CC1.Cl. The van der Waals surface area contributed by atoms with Crippen molar-refractivity contribution in [3.63, 3.8) is 0 Å². The Balaban J connectivity index is 0.00000484. The van der Waals surface area contributed by atoms with Gasteiger partial charge in [0.05, 0.1) is 0 Å². The monoisotopic (exact) mass is 369 g/mol. The van der Waals surface area contributed by atoms with Crippen molar-refractivity contribution in [3.8, 4) is 0 Å². The van der Waals surface area contributed by atoms with Crippen molar-refractivity contribution < 1.29 is 8.42 Å². The lowest BCUT2D eigenvalue weighted by atomic mass is 9.93. The number of nitrogens with zero attached hydrogens (tertiary/aromatic N) is 1. The van der Waals surface area contributed by atoms with Crippen LogP contribution in [0.25, 0.3) is 0 Å². The van der Waals surface area contributed by atoms with E-state index < -0.39 is 10.2 Å². The minimum atomic E-state index is -3.39. The molecule has 0 aromatic rings. The molecular weight excluding hydrogens is 334 g/mol. The number of hydrogen-bond donors (Lipinski definition) is 2. The number of rotatable bonds is 9. The van der Waals surface area contributed by atoms with Gasteiger partial charge in [-0.2, -0.15) is 17.4 Å². The zero-order valence-electron chi connectivity index (χ0n) is 15.1. The van der Waals surface area contributed by atoms with Crippen LogP contribution in [-0.2, 0) is 10.2 Å². The molecule has 7 heteroatoms. The van der Waals surface area contributed by atoms with Gasteiger partial charge in [0, 0.05) is 25.2 Å². The molecule has 1 aliphatic rings. The van der Waals surface area contributed by atoms with Crippen LogP contribution >= 0.6 is 12.4 Å². The van der Waals surface area contributed by atoms with Crippen LogP contribution in [0.3, 0.4) is 0 Å². The first-order valence-electron chi connectivity index (χ1n) is 8.73. The van der Waals surface area contributed by atoms with Gasteiger partial charge < -0.3 is 5.73 Å². The van der Waals surface area contributed by atoms with Crippen LogP contribution in [0.15, 0.2) is 0 Å². The Kier molecular flexibility index (Phi) is 10.9. The lowest BCUT2D eigenvalue weighted by molar-refractivity contribution is 0.332. The van der Waals surface area contributed by atoms with Crippen molar-refractivity contribution in [2.24, 2.45) is 17.6 Å². The highest BCUT2D eigenvalue weighted by molar-refractivity contribution is 7.87. The summed E-state index contributed by atoms with van der Waals surface area (Å²) in [7, 11) is -3.39. The molecule has 1 saturated carbocycles. The van der Waals surface area contributed by atoms with Gasteiger partial charge in [0.25, 0.3) is 10.2 Å². The van der Waals surface area contributed by atoms with Crippen LogP contribution < -0.4 is 10.5 Å². The summed E-state index contributed by atoms with van der Waals surface area (Å²) in [6, 6.07) is 0.282. The van der Waals surface area contributed by atoms with E-state index in [9.17, 15) is 8.42 Å². The van der Waals surface area contributed by atoms with Crippen LogP contribution in [-0.4, -0.2) is 37.9 Å². The molecule has 0 spiro atoms. The number of hydrogen-bond acceptors (Lipinski definition) is 3. The first kappa shape index (κ1) is 23.1. The van der Waals surface area contributed by atoms with E-state index in [1.54, 1.807) is 4.31 Å². The molecular formula is C16H36ClN3O2S. The first-order chi connectivity index (χ1) is 10.2. The van der Waals surface area contributed by atoms with Gasteiger partial charge in [-0.15, -0.1) is 12.4 Å². The summed E-state index contributed by atoms with van der Waals surface area (Å²) in [4.78, 5) is 0. The second kappa shape index (κ2) is 10.9. The largest absolute Gasteiger partial charge is 0.328 e. The van der Waals surface area contributed by atoms with Crippen molar-refractivity contribution >= 4 is 22.6 Å². The van der Waals surface area contributed by atoms with Crippen molar-refractivity contribution in [2.45, 2.75) is 78.3 Å². The Labute approximate surface area is 149 Å². The molecule has 0 aromatic heterocycles. The third-order valence-electron chi connectivity index (χ3n) is 4.34. The first-order valence-corrected chi connectivity index (χ1v) is 10.2. The van der Waals surface area contributed by atoms with Crippen LogP contribution in [0.1, 0.15) is 66.2 Å². The Morgan fingerprint density at radius 3 is 1.83 bits per heavy atom. The Bertz CT molecular complexity index is 396. The highest BCUT2D eigenvalue weighted by Gasteiger charge is 2.27. The lowest BCUT2D eigenvalue weighted by Gasteiger charge is -2.30. The topological polar surface area (TPSA) is 75.4 Å². The van der Waals surface area contributed by atoms with Gasteiger partial charge in [0.1, 0.15) is 0 Å². The standard InChI is InChI=1S/C16H35N3O2S.ClH/c1-13(2)9-11-19(12-10-14(3)4)22(20,21)18-16-7-5-15(17)6-8-16;/h13-16,18H,5-12,17H2,1-4H3;1H. The van der Waals surface area contributed by atoms with Crippen LogP contribution in [0, 0.1) is 11.8 Å². The number of nitrogens with one attached hydrogen (secondary N) is 1. The molecule has 140 valence electrons. The molecule has 0 bridgehead atoms. The maximum Gasteiger partial charge on any atom is 0.279 e. The average molecular weight is 370 g/mol. The van der Waals surface area contributed by atoms with E-state index in [0.29, 0.717) is 24.9 Å². The summed E-state index contributed by atoms with van der Waals surface area (Å²) in [5, 5.41) is 0. The molecule has 0 unspecified atom stereocenters. The van der Waals surface area contributed by atoms with Gasteiger partial charge in [-0.05, 0) is 50.4 Å². The van der Waals surface area contributed by atoms with Crippen LogP contribution in [0.5, 0.6) is 0 Å². The van der Waals surface area contributed by atoms with E-state index >= 15 is 0 Å². The molecule has 5 nitrogen and oxygen atoms in total. The minimum absolute atomic E-state index is 0.